The highest BCUT2D eigenvalue weighted by molar-refractivity contribution is 5.94. The van der Waals surface area contributed by atoms with Crippen LogP contribution in [0.5, 0.6) is 0 Å². The minimum absolute atomic E-state index is 0.0257. The molecule has 0 aliphatic rings. The topological polar surface area (TPSA) is 180 Å². The predicted octanol–water partition coefficient (Wildman–Crippen LogP) is 1.70. The maximum Gasteiger partial charge on any atom is 0.408 e. The van der Waals surface area contributed by atoms with Gasteiger partial charge < -0.3 is 35.6 Å². The smallest absolute Gasteiger partial charge is 0.408 e. The second-order valence-corrected chi connectivity index (χ2v) is 9.44. The van der Waals surface area contributed by atoms with Gasteiger partial charge in [-0.1, -0.05) is 91.0 Å². The SMILES string of the molecule is O=C(C[C@H](NC(=O)[C@H](CO)NC(=O)[C@H](Cc1ccccc1)NC(=O)OCc1ccccc1)C(=O)O)OCc1ccccc1. The first kappa shape index (κ1) is 32.3. The molecule has 0 aliphatic carbocycles. The lowest BCUT2D eigenvalue weighted by atomic mass is 10.0. The largest absolute Gasteiger partial charge is 0.480 e. The van der Waals surface area contributed by atoms with E-state index in [1.165, 1.54) is 0 Å². The highest BCUT2D eigenvalue weighted by Crippen LogP contribution is 2.07. The number of carbonyl (C=O) groups is 5. The van der Waals surface area contributed by atoms with Crippen molar-refractivity contribution >= 4 is 29.8 Å². The summed E-state index contributed by atoms with van der Waals surface area (Å²) in [6, 6.07) is 21.9. The van der Waals surface area contributed by atoms with Gasteiger partial charge in [-0.15, -0.1) is 0 Å². The van der Waals surface area contributed by atoms with Crippen molar-refractivity contribution in [2.75, 3.05) is 6.61 Å². The molecule has 0 heterocycles. The number of carbonyl (C=O) groups excluding carboxylic acids is 4. The first-order valence-electron chi connectivity index (χ1n) is 13.4. The first-order chi connectivity index (χ1) is 20.7. The summed E-state index contributed by atoms with van der Waals surface area (Å²) < 4.78 is 10.3. The van der Waals surface area contributed by atoms with Crippen molar-refractivity contribution in [3.63, 3.8) is 0 Å². The van der Waals surface area contributed by atoms with E-state index in [-0.39, 0.29) is 19.6 Å². The molecule has 226 valence electrons. The second-order valence-electron chi connectivity index (χ2n) is 9.44. The molecule has 0 fully saturated rings. The first-order valence-corrected chi connectivity index (χ1v) is 13.4. The van der Waals surface area contributed by atoms with Gasteiger partial charge in [0.1, 0.15) is 31.3 Å². The third-order valence-electron chi connectivity index (χ3n) is 6.15. The molecule has 3 aromatic rings. The van der Waals surface area contributed by atoms with Gasteiger partial charge in [-0.2, -0.15) is 0 Å². The third-order valence-corrected chi connectivity index (χ3v) is 6.15. The number of hydrogen-bond donors (Lipinski definition) is 5. The molecule has 0 aromatic heterocycles. The maximum absolute atomic E-state index is 13.2. The molecule has 12 heteroatoms. The van der Waals surface area contributed by atoms with Gasteiger partial charge >= 0.3 is 18.0 Å². The van der Waals surface area contributed by atoms with Crippen LogP contribution in [0, 0.1) is 0 Å². The van der Waals surface area contributed by atoms with E-state index in [2.05, 4.69) is 16.0 Å². The van der Waals surface area contributed by atoms with Gasteiger partial charge in [0.25, 0.3) is 0 Å². The number of carboxylic acids is 1. The van der Waals surface area contributed by atoms with E-state index in [4.69, 9.17) is 9.47 Å². The molecule has 3 amide bonds. The molecule has 12 nitrogen and oxygen atoms in total. The number of benzene rings is 3. The van der Waals surface area contributed by atoms with Gasteiger partial charge in [0.2, 0.25) is 11.8 Å². The average molecular weight is 592 g/mol. The molecule has 0 spiro atoms. The van der Waals surface area contributed by atoms with Crippen molar-refractivity contribution in [2.45, 2.75) is 44.2 Å². The zero-order valence-electron chi connectivity index (χ0n) is 23.2. The minimum atomic E-state index is -1.69. The lowest BCUT2D eigenvalue weighted by Crippen LogP contribution is -2.57. The lowest BCUT2D eigenvalue weighted by Gasteiger charge is -2.23. The number of esters is 1. The molecule has 3 rings (SSSR count). The zero-order chi connectivity index (χ0) is 31.0. The van der Waals surface area contributed by atoms with Crippen molar-refractivity contribution in [3.8, 4) is 0 Å². The van der Waals surface area contributed by atoms with Gasteiger partial charge in [-0.05, 0) is 16.7 Å². The zero-order valence-corrected chi connectivity index (χ0v) is 23.2. The quantitative estimate of drug-likeness (QED) is 0.164. The van der Waals surface area contributed by atoms with Crippen LogP contribution in [-0.4, -0.2) is 64.8 Å². The van der Waals surface area contributed by atoms with E-state index in [9.17, 15) is 34.2 Å². The fourth-order valence-electron chi connectivity index (χ4n) is 3.87. The Hall–Kier alpha value is -5.23. The van der Waals surface area contributed by atoms with Crippen LogP contribution in [0.25, 0.3) is 0 Å². The van der Waals surface area contributed by atoms with E-state index in [1.54, 1.807) is 84.9 Å². The van der Waals surface area contributed by atoms with Gasteiger partial charge in [0.15, 0.2) is 0 Å². The third kappa shape index (κ3) is 11.3. The number of nitrogens with one attached hydrogen (secondary N) is 3. The van der Waals surface area contributed by atoms with Crippen molar-refractivity contribution in [3.05, 3.63) is 108 Å². The fourth-order valence-corrected chi connectivity index (χ4v) is 3.87. The average Bonchev–Trinajstić information content (AvgIpc) is 3.02. The van der Waals surface area contributed by atoms with Crippen LogP contribution in [0.4, 0.5) is 4.79 Å². The number of aliphatic hydroxyl groups excluding tert-OH is 1. The minimum Gasteiger partial charge on any atom is -0.480 e. The number of alkyl carbamates (subject to hydrolysis) is 1. The Kier molecular flexibility index (Phi) is 12.7. The molecule has 3 aromatic carbocycles. The Balaban J connectivity index is 1.61. The fraction of sp³-hybridized carbons (Fsp3) is 0.258. The molecule has 0 radical (unpaired) electrons. The van der Waals surface area contributed by atoms with Crippen LogP contribution < -0.4 is 16.0 Å². The number of ether oxygens (including phenoxy) is 2. The summed E-state index contributed by atoms with van der Waals surface area (Å²) in [7, 11) is 0. The van der Waals surface area contributed by atoms with E-state index < -0.39 is 61.0 Å². The van der Waals surface area contributed by atoms with Crippen molar-refractivity contribution in [1.29, 1.82) is 0 Å². The van der Waals surface area contributed by atoms with Crippen molar-refractivity contribution in [1.82, 2.24) is 16.0 Å². The number of amides is 3. The van der Waals surface area contributed by atoms with Crippen molar-refractivity contribution < 1.29 is 43.7 Å². The van der Waals surface area contributed by atoms with Crippen molar-refractivity contribution in [2.24, 2.45) is 0 Å². The second kappa shape index (κ2) is 16.9. The standard InChI is InChI=1S/C31H33N3O9/c35-18-26(29(38)32-25(30(39)40)17-27(36)42-19-22-12-6-2-7-13-22)33-28(37)24(16-21-10-4-1-5-11-21)34-31(41)43-20-23-14-8-3-9-15-23/h1-15,24-26,35H,16-20H2,(H,32,38)(H,33,37)(H,34,41)(H,39,40)/t24-,25-,26-/m0/s1. The maximum atomic E-state index is 13.2. The van der Waals surface area contributed by atoms with Gasteiger partial charge in [-0.25, -0.2) is 9.59 Å². The van der Waals surface area contributed by atoms with Crippen LogP contribution in [0.3, 0.4) is 0 Å². The number of aliphatic hydroxyl groups is 1. The Morgan fingerprint density at radius 2 is 1.07 bits per heavy atom. The molecule has 5 N–H and O–H groups in total. The molecule has 0 unspecified atom stereocenters. The monoisotopic (exact) mass is 591 g/mol. The Morgan fingerprint density at radius 1 is 0.605 bits per heavy atom. The number of rotatable bonds is 15. The summed E-state index contributed by atoms with van der Waals surface area (Å²) >= 11 is 0. The highest BCUT2D eigenvalue weighted by atomic mass is 16.5. The highest BCUT2D eigenvalue weighted by Gasteiger charge is 2.31. The van der Waals surface area contributed by atoms with E-state index >= 15 is 0 Å². The lowest BCUT2D eigenvalue weighted by molar-refractivity contribution is -0.151. The van der Waals surface area contributed by atoms with Gasteiger partial charge in [-0.3, -0.25) is 14.4 Å². The van der Waals surface area contributed by atoms with Gasteiger partial charge in [0, 0.05) is 6.42 Å². The molecule has 43 heavy (non-hydrogen) atoms. The van der Waals surface area contributed by atoms with Crippen LogP contribution in [0.1, 0.15) is 23.1 Å². The van der Waals surface area contributed by atoms with Crippen LogP contribution >= 0.6 is 0 Å². The molecule has 0 bridgehead atoms. The Morgan fingerprint density at radius 3 is 1.58 bits per heavy atom. The van der Waals surface area contributed by atoms with Crippen LogP contribution in [0.2, 0.25) is 0 Å². The molecular formula is C31H33N3O9. The molecule has 0 aliphatic heterocycles. The summed E-state index contributed by atoms with van der Waals surface area (Å²) in [5.74, 6) is -4.27. The summed E-state index contributed by atoms with van der Waals surface area (Å²) in [6.45, 7) is -1.02. The number of carboxylic acid groups (broad SMARTS) is 1. The number of hydrogen-bond acceptors (Lipinski definition) is 8. The predicted molar refractivity (Wildman–Crippen MR) is 153 cm³/mol. The normalized spacial score (nSPS) is 12.6. The van der Waals surface area contributed by atoms with Crippen LogP contribution in [0.15, 0.2) is 91.0 Å². The molecule has 0 saturated carbocycles. The number of aliphatic carboxylic acids is 1. The van der Waals surface area contributed by atoms with E-state index in [0.717, 1.165) is 5.56 Å². The summed E-state index contributed by atoms with van der Waals surface area (Å²) in [4.78, 5) is 62.5. The Bertz CT molecular complexity index is 1350. The van der Waals surface area contributed by atoms with E-state index in [0.29, 0.717) is 11.1 Å². The van der Waals surface area contributed by atoms with E-state index in [1.807, 2.05) is 6.07 Å². The molecule has 0 saturated heterocycles. The van der Waals surface area contributed by atoms with Crippen LogP contribution in [-0.2, 0) is 48.3 Å². The van der Waals surface area contributed by atoms with Gasteiger partial charge in [0.05, 0.1) is 13.0 Å². The molecular weight excluding hydrogens is 558 g/mol. The summed E-state index contributed by atoms with van der Waals surface area (Å²) in [5, 5.41) is 26.3. The summed E-state index contributed by atoms with van der Waals surface area (Å²) in [5.41, 5.74) is 2.11. The molecule has 3 atom stereocenters. The Labute approximate surface area is 248 Å². The summed E-state index contributed by atoms with van der Waals surface area (Å²) in [6.07, 6.45) is -1.55.